The molecule has 0 aliphatic heterocycles. The number of carbonyl (C=O) groups is 1. The van der Waals surface area contributed by atoms with Crippen molar-refractivity contribution in [1.29, 1.82) is 0 Å². The molecule has 0 fully saturated rings. The van der Waals surface area contributed by atoms with Crippen LogP contribution in [0.1, 0.15) is 11.1 Å². The average molecular weight is 285 g/mol. The van der Waals surface area contributed by atoms with Crippen LogP contribution in [0.15, 0.2) is 54.6 Å². The van der Waals surface area contributed by atoms with Crippen molar-refractivity contribution >= 4 is 12.0 Å². The number of benzene rings is 2. The summed E-state index contributed by atoms with van der Waals surface area (Å²) in [7, 11) is 1.61. The van der Waals surface area contributed by atoms with Gasteiger partial charge in [-0.1, -0.05) is 24.3 Å². The van der Waals surface area contributed by atoms with E-state index < -0.39 is 0 Å². The first-order valence-corrected chi connectivity index (χ1v) is 6.52. The third-order valence-electron chi connectivity index (χ3n) is 2.92. The molecule has 4 heteroatoms. The van der Waals surface area contributed by atoms with Gasteiger partial charge < -0.3 is 10.1 Å². The maximum Gasteiger partial charge on any atom is 0.244 e. The topological polar surface area (TPSA) is 38.3 Å². The summed E-state index contributed by atoms with van der Waals surface area (Å²) in [5.41, 5.74) is 1.76. The van der Waals surface area contributed by atoms with Crippen LogP contribution in [0.25, 0.3) is 6.08 Å². The second-order valence-corrected chi connectivity index (χ2v) is 4.45. The molecule has 0 saturated carbocycles. The van der Waals surface area contributed by atoms with Crippen LogP contribution in [0.3, 0.4) is 0 Å². The minimum atomic E-state index is -0.295. The van der Waals surface area contributed by atoms with Crippen molar-refractivity contribution in [1.82, 2.24) is 5.32 Å². The van der Waals surface area contributed by atoms with Gasteiger partial charge in [0.15, 0.2) is 0 Å². The summed E-state index contributed by atoms with van der Waals surface area (Å²) in [6, 6.07) is 13.4. The van der Waals surface area contributed by atoms with Gasteiger partial charge in [0.2, 0.25) is 5.91 Å². The summed E-state index contributed by atoms with van der Waals surface area (Å²) >= 11 is 0. The van der Waals surface area contributed by atoms with Crippen molar-refractivity contribution in [3.05, 3.63) is 71.6 Å². The molecule has 2 aromatic carbocycles. The molecule has 2 aromatic rings. The summed E-state index contributed by atoms with van der Waals surface area (Å²) in [5, 5.41) is 2.78. The van der Waals surface area contributed by atoms with Gasteiger partial charge in [0.1, 0.15) is 11.6 Å². The number of methoxy groups -OCH3 is 1. The predicted octanol–water partition coefficient (Wildman–Crippen LogP) is 3.16. The molecule has 0 aliphatic rings. The summed E-state index contributed by atoms with van der Waals surface area (Å²) in [6.07, 6.45) is 3.07. The first-order chi connectivity index (χ1) is 10.2. The highest BCUT2D eigenvalue weighted by molar-refractivity contribution is 5.91. The van der Waals surface area contributed by atoms with E-state index in [-0.39, 0.29) is 11.7 Å². The van der Waals surface area contributed by atoms with Gasteiger partial charge in [-0.3, -0.25) is 4.79 Å². The fourth-order valence-electron chi connectivity index (χ4n) is 1.74. The average Bonchev–Trinajstić information content (AvgIpc) is 2.53. The van der Waals surface area contributed by atoms with E-state index in [0.717, 1.165) is 16.9 Å². The van der Waals surface area contributed by atoms with Crippen LogP contribution in [-0.2, 0) is 11.3 Å². The SMILES string of the molecule is COc1ccc(CNC(=O)C=Cc2ccc(F)cc2)cc1. The fraction of sp³-hybridized carbons (Fsp3) is 0.118. The highest BCUT2D eigenvalue weighted by Gasteiger charge is 1.98. The third kappa shape index (κ3) is 4.76. The molecular weight excluding hydrogens is 269 g/mol. The number of amides is 1. The Hall–Kier alpha value is -2.62. The number of nitrogens with one attached hydrogen (secondary N) is 1. The number of hydrogen-bond acceptors (Lipinski definition) is 2. The molecule has 0 bridgehead atoms. The molecule has 3 nitrogen and oxygen atoms in total. The Bertz CT molecular complexity index is 618. The second-order valence-electron chi connectivity index (χ2n) is 4.45. The summed E-state index contributed by atoms with van der Waals surface area (Å²) in [4.78, 5) is 11.7. The maximum atomic E-state index is 12.7. The second kappa shape index (κ2) is 7.24. The molecule has 0 aliphatic carbocycles. The number of hydrogen-bond donors (Lipinski definition) is 1. The minimum Gasteiger partial charge on any atom is -0.497 e. The molecule has 0 saturated heterocycles. The predicted molar refractivity (Wildman–Crippen MR) is 80.3 cm³/mol. The highest BCUT2D eigenvalue weighted by Crippen LogP contribution is 2.11. The third-order valence-corrected chi connectivity index (χ3v) is 2.92. The van der Waals surface area contributed by atoms with Crippen LogP contribution in [0.4, 0.5) is 4.39 Å². The van der Waals surface area contributed by atoms with Crippen LogP contribution in [0, 0.1) is 5.82 Å². The monoisotopic (exact) mass is 285 g/mol. The lowest BCUT2D eigenvalue weighted by Crippen LogP contribution is -2.20. The molecule has 0 unspecified atom stereocenters. The van der Waals surface area contributed by atoms with Crippen molar-refractivity contribution in [2.24, 2.45) is 0 Å². The first-order valence-electron chi connectivity index (χ1n) is 6.52. The summed E-state index contributed by atoms with van der Waals surface area (Å²) < 4.78 is 17.8. The van der Waals surface area contributed by atoms with Gasteiger partial charge in [0.05, 0.1) is 7.11 Å². The minimum absolute atomic E-state index is 0.199. The summed E-state index contributed by atoms with van der Waals surface area (Å²) in [5.74, 6) is 0.285. The van der Waals surface area contributed by atoms with Crippen LogP contribution in [0.2, 0.25) is 0 Å². The van der Waals surface area contributed by atoms with Crippen molar-refractivity contribution in [3.63, 3.8) is 0 Å². The van der Waals surface area contributed by atoms with Gasteiger partial charge in [-0.25, -0.2) is 4.39 Å². The Kier molecular flexibility index (Phi) is 5.10. The smallest absolute Gasteiger partial charge is 0.244 e. The van der Waals surface area contributed by atoms with Gasteiger partial charge in [0, 0.05) is 12.6 Å². The van der Waals surface area contributed by atoms with E-state index in [1.54, 1.807) is 25.3 Å². The van der Waals surface area contributed by atoms with Crippen LogP contribution in [-0.4, -0.2) is 13.0 Å². The molecule has 1 N–H and O–H groups in total. The number of ether oxygens (including phenoxy) is 1. The highest BCUT2D eigenvalue weighted by atomic mass is 19.1. The van der Waals surface area contributed by atoms with Crippen LogP contribution < -0.4 is 10.1 Å². The molecule has 0 spiro atoms. The Balaban J connectivity index is 1.85. The summed E-state index contributed by atoms with van der Waals surface area (Å²) in [6.45, 7) is 0.441. The zero-order valence-electron chi connectivity index (χ0n) is 11.7. The molecule has 1 amide bonds. The van der Waals surface area contributed by atoms with Crippen LogP contribution in [0.5, 0.6) is 5.75 Å². The zero-order valence-corrected chi connectivity index (χ0v) is 11.7. The van der Waals surface area contributed by atoms with E-state index in [9.17, 15) is 9.18 Å². The molecule has 0 radical (unpaired) electrons. The lowest BCUT2D eigenvalue weighted by atomic mass is 10.2. The molecule has 0 atom stereocenters. The molecule has 2 rings (SSSR count). The molecule has 0 heterocycles. The zero-order chi connectivity index (χ0) is 15.1. The number of rotatable bonds is 5. The lowest BCUT2D eigenvalue weighted by molar-refractivity contribution is -0.116. The van der Waals surface area contributed by atoms with Crippen molar-refractivity contribution < 1.29 is 13.9 Å². The lowest BCUT2D eigenvalue weighted by Gasteiger charge is -2.04. The number of carbonyl (C=O) groups excluding carboxylic acids is 1. The standard InChI is InChI=1S/C17H16FNO2/c1-21-16-9-4-14(5-10-16)12-19-17(20)11-6-13-2-7-15(18)8-3-13/h2-11H,12H2,1H3,(H,19,20). The van der Waals surface area contributed by atoms with Gasteiger partial charge in [0.25, 0.3) is 0 Å². The molecule has 21 heavy (non-hydrogen) atoms. The van der Waals surface area contributed by atoms with Crippen molar-refractivity contribution in [2.45, 2.75) is 6.54 Å². The van der Waals surface area contributed by atoms with Gasteiger partial charge in [-0.05, 0) is 41.5 Å². The van der Waals surface area contributed by atoms with E-state index in [1.165, 1.54) is 18.2 Å². The van der Waals surface area contributed by atoms with Crippen molar-refractivity contribution in [2.75, 3.05) is 7.11 Å². The normalized spacial score (nSPS) is 10.6. The Morgan fingerprint density at radius 3 is 2.43 bits per heavy atom. The Labute approximate surface area is 123 Å². The largest absolute Gasteiger partial charge is 0.497 e. The Morgan fingerprint density at radius 1 is 1.14 bits per heavy atom. The van der Waals surface area contributed by atoms with Gasteiger partial charge in [-0.2, -0.15) is 0 Å². The van der Waals surface area contributed by atoms with Gasteiger partial charge in [-0.15, -0.1) is 0 Å². The van der Waals surface area contributed by atoms with Crippen LogP contribution >= 0.6 is 0 Å². The maximum absolute atomic E-state index is 12.7. The quantitative estimate of drug-likeness (QED) is 0.857. The molecule has 108 valence electrons. The van der Waals surface area contributed by atoms with Gasteiger partial charge >= 0.3 is 0 Å². The van der Waals surface area contributed by atoms with E-state index in [1.807, 2.05) is 24.3 Å². The molecule has 0 aromatic heterocycles. The first kappa shape index (κ1) is 14.8. The van der Waals surface area contributed by atoms with E-state index in [0.29, 0.717) is 6.54 Å². The Morgan fingerprint density at radius 2 is 1.81 bits per heavy atom. The van der Waals surface area contributed by atoms with E-state index in [4.69, 9.17) is 4.74 Å². The van der Waals surface area contributed by atoms with E-state index in [2.05, 4.69) is 5.32 Å². The number of halogens is 1. The van der Waals surface area contributed by atoms with Crippen molar-refractivity contribution in [3.8, 4) is 5.75 Å². The van der Waals surface area contributed by atoms with E-state index >= 15 is 0 Å². The fourth-order valence-corrected chi connectivity index (χ4v) is 1.74. The molecular formula is C17H16FNO2.